The van der Waals surface area contributed by atoms with Crippen molar-refractivity contribution in [1.82, 2.24) is 10.2 Å². The Hall–Kier alpha value is -0.590. The zero-order chi connectivity index (χ0) is 14.4. The Kier molecular flexibility index (Phi) is 5.86. The lowest BCUT2D eigenvalue weighted by molar-refractivity contribution is 0.119. The molecule has 3 heteroatoms. The SMILES string of the molecule is CCNC1(C#N)CCCC(N(C)CC2CCCCC2)C1. The van der Waals surface area contributed by atoms with Gasteiger partial charge in [-0.1, -0.05) is 26.2 Å². The maximum atomic E-state index is 9.56. The van der Waals surface area contributed by atoms with Crippen molar-refractivity contribution in [3.05, 3.63) is 0 Å². The average Bonchev–Trinajstić information content (AvgIpc) is 2.49. The quantitative estimate of drug-likeness (QED) is 0.838. The van der Waals surface area contributed by atoms with Gasteiger partial charge in [0.25, 0.3) is 0 Å². The molecular formula is C17H31N3. The van der Waals surface area contributed by atoms with Crippen molar-refractivity contribution in [2.24, 2.45) is 5.92 Å². The maximum Gasteiger partial charge on any atom is 0.108 e. The molecule has 0 aliphatic heterocycles. The van der Waals surface area contributed by atoms with Gasteiger partial charge in [0.15, 0.2) is 0 Å². The van der Waals surface area contributed by atoms with Gasteiger partial charge >= 0.3 is 0 Å². The van der Waals surface area contributed by atoms with Crippen LogP contribution in [0.5, 0.6) is 0 Å². The third-order valence-corrected chi connectivity index (χ3v) is 5.35. The first kappa shape index (κ1) is 15.8. The van der Waals surface area contributed by atoms with Crippen molar-refractivity contribution in [1.29, 1.82) is 5.26 Å². The van der Waals surface area contributed by atoms with Crippen molar-refractivity contribution < 1.29 is 0 Å². The van der Waals surface area contributed by atoms with Gasteiger partial charge in [-0.2, -0.15) is 5.26 Å². The van der Waals surface area contributed by atoms with Gasteiger partial charge in [-0.05, 0) is 58.0 Å². The van der Waals surface area contributed by atoms with Gasteiger partial charge in [0.1, 0.15) is 5.54 Å². The summed E-state index contributed by atoms with van der Waals surface area (Å²) in [4.78, 5) is 2.55. The van der Waals surface area contributed by atoms with E-state index >= 15 is 0 Å². The summed E-state index contributed by atoms with van der Waals surface area (Å²) in [6, 6.07) is 3.16. The van der Waals surface area contributed by atoms with E-state index in [1.807, 2.05) is 0 Å². The lowest BCUT2D eigenvalue weighted by Gasteiger charge is -2.41. The minimum Gasteiger partial charge on any atom is -0.303 e. The molecule has 2 atom stereocenters. The molecule has 0 saturated heterocycles. The van der Waals surface area contributed by atoms with Crippen LogP contribution in [0.3, 0.4) is 0 Å². The second-order valence-corrected chi connectivity index (χ2v) is 6.92. The standard InChI is InChI=1S/C17H31N3/c1-3-19-17(14-18)11-7-10-16(12-17)20(2)13-15-8-5-4-6-9-15/h15-16,19H,3-13H2,1-2H3. The van der Waals surface area contributed by atoms with Gasteiger partial charge in [-0.3, -0.25) is 5.32 Å². The van der Waals surface area contributed by atoms with Gasteiger partial charge in [0.2, 0.25) is 0 Å². The summed E-state index contributed by atoms with van der Waals surface area (Å²) < 4.78 is 0. The van der Waals surface area contributed by atoms with Crippen LogP contribution in [0.25, 0.3) is 0 Å². The van der Waals surface area contributed by atoms with Crippen LogP contribution in [0.1, 0.15) is 64.7 Å². The van der Waals surface area contributed by atoms with Crippen LogP contribution in [0.15, 0.2) is 0 Å². The Morgan fingerprint density at radius 3 is 2.60 bits per heavy atom. The van der Waals surface area contributed by atoms with Gasteiger partial charge < -0.3 is 4.90 Å². The minimum absolute atomic E-state index is 0.265. The van der Waals surface area contributed by atoms with E-state index in [4.69, 9.17) is 0 Å². The molecule has 2 rings (SSSR count). The van der Waals surface area contributed by atoms with E-state index in [2.05, 4.69) is 30.3 Å². The van der Waals surface area contributed by atoms with Crippen molar-refractivity contribution in [2.75, 3.05) is 20.1 Å². The number of hydrogen-bond donors (Lipinski definition) is 1. The molecule has 0 aromatic rings. The van der Waals surface area contributed by atoms with Crippen LogP contribution in [0, 0.1) is 17.2 Å². The van der Waals surface area contributed by atoms with E-state index in [0.29, 0.717) is 6.04 Å². The molecule has 1 N–H and O–H groups in total. The van der Waals surface area contributed by atoms with Gasteiger partial charge in [0.05, 0.1) is 6.07 Å². The first-order valence-corrected chi connectivity index (χ1v) is 8.55. The monoisotopic (exact) mass is 277 g/mol. The maximum absolute atomic E-state index is 9.56. The molecule has 2 aliphatic rings. The predicted molar refractivity (Wildman–Crippen MR) is 83.5 cm³/mol. The van der Waals surface area contributed by atoms with Crippen molar-refractivity contribution >= 4 is 0 Å². The first-order chi connectivity index (χ1) is 9.69. The largest absolute Gasteiger partial charge is 0.303 e. The zero-order valence-corrected chi connectivity index (χ0v) is 13.3. The molecule has 2 fully saturated rings. The molecule has 0 radical (unpaired) electrons. The summed E-state index contributed by atoms with van der Waals surface area (Å²) >= 11 is 0. The van der Waals surface area contributed by atoms with Gasteiger partial charge in [-0.15, -0.1) is 0 Å². The zero-order valence-electron chi connectivity index (χ0n) is 13.3. The Morgan fingerprint density at radius 2 is 1.95 bits per heavy atom. The summed E-state index contributed by atoms with van der Waals surface area (Å²) in [5.74, 6) is 0.895. The Morgan fingerprint density at radius 1 is 1.20 bits per heavy atom. The lowest BCUT2D eigenvalue weighted by Crippen LogP contribution is -2.52. The van der Waals surface area contributed by atoms with Gasteiger partial charge in [-0.25, -0.2) is 0 Å². The topological polar surface area (TPSA) is 39.1 Å². The molecule has 0 aromatic heterocycles. The highest BCUT2D eigenvalue weighted by molar-refractivity contribution is 5.11. The van der Waals surface area contributed by atoms with Crippen LogP contribution in [0.2, 0.25) is 0 Å². The highest BCUT2D eigenvalue weighted by atomic mass is 15.1. The Labute approximate surface area is 124 Å². The number of nitrogens with zero attached hydrogens (tertiary/aromatic N) is 2. The summed E-state index contributed by atoms with van der Waals surface area (Å²) in [6.45, 7) is 4.24. The van der Waals surface area contributed by atoms with E-state index in [1.54, 1.807) is 0 Å². The number of nitriles is 1. The second-order valence-electron chi connectivity index (χ2n) is 6.92. The van der Waals surface area contributed by atoms with E-state index in [1.165, 1.54) is 51.5 Å². The summed E-state index contributed by atoms with van der Waals surface area (Å²) in [5, 5.41) is 13.0. The molecule has 0 bridgehead atoms. The van der Waals surface area contributed by atoms with Crippen LogP contribution in [-0.4, -0.2) is 36.6 Å². The predicted octanol–water partition coefficient (Wildman–Crippen LogP) is 3.31. The lowest BCUT2D eigenvalue weighted by atomic mass is 9.79. The minimum atomic E-state index is -0.265. The van der Waals surface area contributed by atoms with E-state index in [-0.39, 0.29) is 5.54 Å². The molecule has 2 aliphatic carbocycles. The molecule has 0 heterocycles. The smallest absolute Gasteiger partial charge is 0.108 e. The summed E-state index contributed by atoms with van der Waals surface area (Å²) in [5.41, 5.74) is -0.265. The third kappa shape index (κ3) is 3.96. The fraction of sp³-hybridized carbons (Fsp3) is 0.941. The summed E-state index contributed by atoms with van der Waals surface area (Å²) in [6.07, 6.45) is 11.6. The van der Waals surface area contributed by atoms with Gasteiger partial charge in [0, 0.05) is 12.6 Å². The molecule has 0 amide bonds. The van der Waals surface area contributed by atoms with Crippen molar-refractivity contribution in [2.45, 2.75) is 76.3 Å². The third-order valence-electron chi connectivity index (χ3n) is 5.35. The van der Waals surface area contributed by atoms with Crippen molar-refractivity contribution in [3.8, 4) is 6.07 Å². The second kappa shape index (κ2) is 7.43. The fourth-order valence-electron chi connectivity index (χ4n) is 4.19. The van der Waals surface area contributed by atoms with Crippen LogP contribution in [-0.2, 0) is 0 Å². The number of rotatable bonds is 5. The van der Waals surface area contributed by atoms with Crippen LogP contribution >= 0.6 is 0 Å². The van der Waals surface area contributed by atoms with E-state index in [0.717, 1.165) is 25.3 Å². The number of hydrogen-bond acceptors (Lipinski definition) is 3. The average molecular weight is 277 g/mol. The number of nitrogens with one attached hydrogen (secondary N) is 1. The van der Waals surface area contributed by atoms with E-state index < -0.39 is 0 Å². The fourth-order valence-corrected chi connectivity index (χ4v) is 4.19. The molecule has 2 unspecified atom stereocenters. The molecule has 114 valence electrons. The first-order valence-electron chi connectivity index (χ1n) is 8.55. The molecule has 3 nitrogen and oxygen atoms in total. The van der Waals surface area contributed by atoms with E-state index in [9.17, 15) is 5.26 Å². The highest BCUT2D eigenvalue weighted by Gasteiger charge is 2.37. The summed E-state index contributed by atoms with van der Waals surface area (Å²) in [7, 11) is 2.28. The Bertz CT molecular complexity index is 326. The molecular weight excluding hydrogens is 246 g/mol. The Balaban J connectivity index is 1.88. The normalized spacial score (nSPS) is 32.2. The van der Waals surface area contributed by atoms with Crippen LogP contribution < -0.4 is 5.32 Å². The molecule has 0 spiro atoms. The molecule has 0 aromatic carbocycles. The molecule has 20 heavy (non-hydrogen) atoms. The molecule has 2 saturated carbocycles. The highest BCUT2D eigenvalue weighted by Crippen LogP contribution is 2.32. The van der Waals surface area contributed by atoms with Crippen LogP contribution in [0.4, 0.5) is 0 Å². The van der Waals surface area contributed by atoms with Crippen molar-refractivity contribution in [3.63, 3.8) is 0 Å².